The zero-order chi connectivity index (χ0) is 101. The van der Waals surface area contributed by atoms with E-state index in [-0.39, 0.29) is 68.8 Å². The predicted molar refractivity (Wildman–Crippen MR) is 556 cm³/mol. The Bertz CT molecular complexity index is 7780. The molecule has 16 aromatic rings. The molecule has 0 radical (unpaired) electrons. The third-order valence-electron chi connectivity index (χ3n) is 27.4. The van der Waals surface area contributed by atoms with Crippen molar-refractivity contribution >= 4 is 95.9 Å². The van der Waals surface area contributed by atoms with Crippen LogP contribution >= 0.6 is 0 Å². The topological polar surface area (TPSA) is 330 Å². The number of fused-ring (bicyclic) bond motifs is 4. The number of nitrogens with two attached hydrogens (primary N) is 2. The third-order valence-corrected chi connectivity index (χ3v) is 27.4. The first-order chi connectivity index (χ1) is 69.1. The van der Waals surface area contributed by atoms with Gasteiger partial charge in [-0.3, -0.25) is 19.2 Å². The molecule has 25 nitrogen and oxygen atoms in total. The summed E-state index contributed by atoms with van der Waals surface area (Å²) in [6.07, 6.45) is 9.21. The van der Waals surface area contributed by atoms with E-state index in [4.69, 9.17) is 25.7 Å². The first kappa shape index (κ1) is 98.1. The van der Waals surface area contributed by atoms with Crippen molar-refractivity contribution < 1.29 is 67.0 Å². The van der Waals surface area contributed by atoms with Crippen LogP contribution in [0.3, 0.4) is 0 Å². The summed E-state index contributed by atoms with van der Waals surface area (Å²) in [4.78, 5) is 108. The number of rotatable bonds is 24. The van der Waals surface area contributed by atoms with Crippen molar-refractivity contribution in [3.05, 3.63) is 376 Å². The summed E-state index contributed by atoms with van der Waals surface area (Å²) < 4.78 is 70.4. The van der Waals surface area contributed by atoms with E-state index in [9.17, 15) is 58.8 Å². The molecule has 4 aliphatic heterocycles. The van der Waals surface area contributed by atoms with Crippen molar-refractivity contribution in [2.75, 3.05) is 106 Å². The second-order valence-corrected chi connectivity index (χ2v) is 37.1. The Hall–Kier alpha value is -16.5. The van der Waals surface area contributed by atoms with Gasteiger partial charge in [-0.25, -0.2) is 32.3 Å². The standard InChI is InChI=1S/C29H28FN3O4.C29H27FN2O4.C29H28N2O4.C28H26FN3O3/c1-17-12-13-32(14-17)26-23(30)24(31)22-25(28(26)37-2)33(16-21(27(22)34)29(35)36)15-18-8-10-20(11-9-18)19-6-4-3-5-7-19;1-18-11-12-31(15-18)26-24(30)14-22-25(28(26)36-2)32(17-23(27(22)33)29(34)35)16-19-7-6-10-21(13-19)20-8-4-3-5-9-20;1-19-14-15-30(16-19)25-13-12-23-26(28(25)35-2)31(18-24(27(23)32)29(33)34)17-20-8-10-22(11-9-20)21-6-4-3-5-7-21;29-24-12-22-25(13-26(24)31-11-10-19(14-30)16-31)32(17-23(27(22)33)28(34)35)15-18-6-8-21(9-7-18)20-4-2-1-3-5-20/h3-11,16-17H,12-15,31H2,1-2H3,(H,35,36);3-10,13-14,17-18H,11-12,15-16H2,1-2H3,(H,34,35);3-13,18-19H,14-17H2,1-2H3,(H,33,34);1-9,12-13,17,19H,10-11,14-16,30H2,(H,34,35)/t;;;19-/m...0/s1. The molecule has 3 unspecified atom stereocenters. The molecule has 730 valence electrons. The summed E-state index contributed by atoms with van der Waals surface area (Å²) in [6, 6.07) is 79.5. The van der Waals surface area contributed by atoms with Crippen LogP contribution in [0.4, 0.5) is 41.6 Å². The number of aromatic carboxylic acids is 4. The molecule has 0 bridgehead atoms. The van der Waals surface area contributed by atoms with Crippen LogP contribution < -0.4 is 67.0 Å². The van der Waals surface area contributed by atoms with Crippen molar-refractivity contribution in [1.82, 2.24) is 18.3 Å². The molecule has 12 aromatic carbocycles. The van der Waals surface area contributed by atoms with E-state index in [0.29, 0.717) is 122 Å². The van der Waals surface area contributed by atoms with E-state index in [1.165, 1.54) is 45.1 Å². The number of hydrogen-bond donors (Lipinski definition) is 6. The van der Waals surface area contributed by atoms with Gasteiger partial charge < -0.3 is 84.0 Å². The highest BCUT2D eigenvalue weighted by atomic mass is 19.1. The molecule has 20 rings (SSSR count). The molecule has 0 saturated carbocycles. The Morgan fingerprint density at radius 2 is 0.713 bits per heavy atom. The van der Waals surface area contributed by atoms with Gasteiger partial charge in [0.15, 0.2) is 28.9 Å². The number of carboxylic acids is 4. The van der Waals surface area contributed by atoms with Crippen molar-refractivity contribution in [3.8, 4) is 61.8 Å². The smallest absolute Gasteiger partial charge is 0.341 e. The molecule has 8 N–H and O–H groups in total. The normalized spacial score (nSPS) is 15.5. The zero-order valence-corrected chi connectivity index (χ0v) is 80.0. The maximum Gasteiger partial charge on any atom is 0.341 e. The van der Waals surface area contributed by atoms with Gasteiger partial charge in [0, 0.05) is 109 Å². The molecule has 4 saturated heterocycles. The molecule has 143 heavy (non-hydrogen) atoms. The van der Waals surface area contributed by atoms with Crippen LogP contribution in [0.1, 0.15) is 110 Å². The lowest BCUT2D eigenvalue weighted by Gasteiger charge is -2.25. The average Bonchev–Trinajstić information content (AvgIpc) is 1.65. The summed E-state index contributed by atoms with van der Waals surface area (Å²) in [5.74, 6) is -4.56. The second-order valence-electron chi connectivity index (χ2n) is 37.1. The second kappa shape index (κ2) is 42.7. The fourth-order valence-electron chi connectivity index (χ4n) is 20.0. The number of anilines is 5. The van der Waals surface area contributed by atoms with Crippen LogP contribution in [0, 0.1) is 41.1 Å². The maximum atomic E-state index is 15.7. The quantitative estimate of drug-likeness (QED) is 0.0306. The maximum absolute atomic E-state index is 15.7. The summed E-state index contributed by atoms with van der Waals surface area (Å²) in [5.41, 5.74) is 23.3. The van der Waals surface area contributed by atoms with Crippen LogP contribution in [0.15, 0.2) is 293 Å². The summed E-state index contributed by atoms with van der Waals surface area (Å²) >= 11 is 0. The van der Waals surface area contributed by atoms with Gasteiger partial charge in [0.2, 0.25) is 21.7 Å². The number of halogens is 3. The molecule has 0 aliphatic carbocycles. The number of ether oxygens (including phenoxy) is 3. The zero-order valence-electron chi connectivity index (χ0n) is 80.0. The van der Waals surface area contributed by atoms with E-state index in [1.54, 1.807) is 32.9 Å². The lowest BCUT2D eigenvalue weighted by molar-refractivity contribution is 0.0684. The van der Waals surface area contributed by atoms with Crippen molar-refractivity contribution in [2.45, 2.75) is 72.6 Å². The van der Waals surface area contributed by atoms with Crippen molar-refractivity contribution in [1.29, 1.82) is 0 Å². The highest BCUT2D eigenvalue weighted by Gasteiger charge is 2.35. The number of nitrogens with zero attached hydrogens (tertiary/aromatic N) is 8. The molecule has 4 atom stereocenters. The van der Waals surface area contributed by atoms with Crippen LogP contribution in [0.2, 0.25) is 0 Å². The van der Waals surface area contributed by atoms with E-state index in [2.05, 4.69) is 49.9 Å². The van der Waals surface area contributed by atoms with Crippen LogP contribution in [-0.4, -0.2) is 143 Å². The summed E-state index contributed by atoms with van der Waals surface area (Å²) in [7, 11) is 4.47. The molecule has 0 spiro atoms. The Labute approximate surface area is 822 Å². The number of carboxylic acid groups (broad SMARTS) is 4. The first-order valence-corrected chi connectivity index (χ1v) is 47.5. The lowest BCUT2D eigenvalue weighted by Crippen LogP contribution is -2.25. The Balaban J connectivity index is 0.000000131. The van der Waals surface area contributed by atoms with Gasteiger partial charge in [-0.05, 0) is 159 Å². The van der Waals surface area contributed by atoms with Gasteiger partial charge in [0.25, 0.3) is 0 Å². The van der Waals surface area contributed by atoms with Gasteiger partial charge in [-0.1, -0.05) is 233 Å². The number of methoxy groups -OCH3 is 3. The molecule has 4 aromatic heterocycles. The van der Waals surface area contributed by atoms with E-state index >= 15 is 13.2 Å². The first-order valence-electron chi connectivity index (χ1n) is 47.5. The Kier molecular flexibility index (Phi) is 29.3. The van der Waals surface area contributed by atoms with E-state index in [1.807, 2.05) is 219 Å². The van der Waals surface area contributed by atoms with Crippen LogP contribution in [-0.2, 0) is 26.2 Å². The molecule has 28 heteroatoms. The summed E-state index contributed by atoms with van der Waals surface area (Å²) in [5, 5.41) is 39.0. The summed E-state index contributed by atoms with van der Waals surface area (Å²) in [6.45, 7) is 14.0. The molecule has 4 aliphatic rings. The molecular weight excluding hydrogens is 1820 g/mol. The number of hydrogen-bond acceptors (Lipinski definition) is 17. The molecular formula is C115H109F3N10O15. The van der Waals surface area contributed by atoms with Crippen molar-refractivity contribution in [3.63, 3.8) is 0 Å². The van der Waals surface area contributed by atoms with Gasteiger partial charge in [-0.15, -0.1) is 0 Å². The highest BCUT2D eigenvalue weighted by molar-refractivity contribution is 6.04. The minimum absolute atomic E-state index is 0.0144. The molecule has 0 amide bonds. The van der Waals surface area contributed by atoms with Gasteiger partial charge in [-0.2, -0.15) is 0 Å². The Morgan fingerprint density at radius 3 is 1.15 bits per heavy atom. The predicted octanol–water partition coefficient (Wildman–Crippen LogP) is 20.0. The van der Waals surface area contributed by atoms with Gasteiger partial charge >= 0.3 is 23.9 Å². The highest BCUT2D eigenvalue weighted by Crippen LogP contribution is 2.46. The van der Waals surface area contributed by atoms with Crippen LogP contribution in [0.5, 0.6) is 17.2 Å². The number of benzene rings is 12. The van der Waals surface area contributed by atoms with Gasteiger partial charge in [0.05, 0.1) is 76.6 Å². The fourth-order valence-corrected chi connectivity index (χ4v) is 20.0. The molecule has 8 heterocycles. The van der Waals surface area contributed by atoms with E-state index < -0.39 is 74.2 Å². The SMILES string of the molecule is COc1c(N2CCC(C)C2)c(F)c(N)c2c(=O)c(C(=O)O)cn(Cc3ccc(-c4ccccc4)cc3)c12.COc1c(N2CCC(C)C2)c(F)cc2c(=O)c(C(=O)O)cn(Cc3cccc(-c4ccccc4)c3)c12.COc1c(N2CCC(C)C2)ccc2c(=O)c(C(=O)O)cn(Cc3ccc(-c4ccccc4)cc3)c12.NC[C@@H]1CCN(c2cc3c(cc2F)c(=O)c(C(=O)O)cn3Cc2ccc(-c3ccccc3)cc2)C1. The minimum Gasteiger partial charge on any atom is -0.492 e. The number of aromatic nitrogens is 4. The fraction of sp³-hybridized carbons (Fsp3) is 0.235. The number of carbonyl (C=O) groups is 4. The minimum atomic E-state index is -1.41. The largest absolute Gasteiger partial charge is 0.492 e. The van der Waals surface area contributed by atoms with Gasteiger partial charge in [0.1, 0.15) is 39.4 Å². The monoisotopic (exact) mass is 1930 g/mol. The van der Waals surface area contributed by atoms with Crippen molar-refractivity contribution in [2.24, 2.45) is 29.4 Å². The number of pyridine rings is 4. The third kappa shape index (κ3) is 20.6. The van der Waals surface area contributed by atoms with Crippen LogP contribution in [0.25, 0.3) is 88.1 Å². The molecule has 4 fully saturated rings. The lowest BCUT2D eigenvalue weighted by atomic mass is 10.0. The average molecular weight is 1930 g/mol. The van der Waals surface area contributed by atoms with E-state index in [0.717, 1.165) is 117 Å². The number of nitrogen functional groups attached to an aromatic ring is 1. The Morgan fingerprint density at radius 1 is 0.350 bits per heavy atom.